The molecule has 7 nitrogen and oxygen atoms in total. The molecule has 2 atom stereocenters. The number of nitrogens with one attached hydrogen (secondary N) is 1. The fourth-order valence-electron chi connectivity index (χ4n) is 5.29. The van der Waals surface area contributed by atoms with Crippen LogP contribution in [0.3, 0.4) is 0 Å². The van der Waals surface area contributed by atoms with E-state index in [0.29, 0.717) is 23.5 Å². The van der Waals surface area contributed by atoms with Gasteiger partial charge in [-0.05, 0) is 56.5 Å². The van der Waals surface area contributed by atoms with Gasteiger partial charge in [0.1, 0.15) is 0 Å². The average Bonchev–Trinajstić information content (AvgIpc) is 2.94. The van der Waals surface area contributed by atoms with Gasteiger partial charge < -0.3 is 15.5 Å². The van der Waals surface area contributed by atoms with Crippen molar-refractivity contribution in [3.05, 3.63) is 101 Å². The van der Waals surface area contributed by atoms with Crippen LogP contribution < -0.4 is 5.32 Å². The van der Waals surface area contributed by atoms with Gasteiger partial charge >= 0.3 is 5.97 Å². The van der Waals surface area contributed by atoms with Gasteiger partial charge in [-0.15, -0.1) is 0 Å². The van der Waals surface area contributed by atoms with E-state index >= 15 is 0 Å². The van der Waals surface area contributed by atoms with Crippen LogP contribution >= 0.6 is 0 Å². The number of aliphatic carboxylic acids is 1. The van der Waals surface area contributed by atoms with Crippen molar-refractivity contribution in [3.63, 3.8) is 0 Å². The number of carboxylic acids is 1. The van der Waals surface area contributed by atoms with Gasteiger partial charge in [0.15, 0.2) is 6.04 Å². The van der Waals surface area contributed by atoms with Gasteiger partial charge in [-0.25, -0.2) is 4.79 Å². The summed E-state index contributed by atoms with van der Waals surface area (Å²) in [6.07, 6.45) is 3.65. The molecule has 204 valence electrons. The fraction of sp³-hybridized carbons (Fsp3) is 0.344. The summed E-state index contributed by atoms with van der Waals surface area (Å²) in [4.78, 5) is 32.8. The molecule has 1 aliphatic heterocycles. The van der Waals surface area contributed by atoms with Crippen molar-refractivity contribution >= 4 is 23.3 Å². The summed E-state index contributed by atoms with van der Waals surface area (Å²) in [7, 11) is 0. The van der Waals surface area contributed by atoms with Crippen molar-refractivity contribution in [1.29, 1.82) is 0 Å². The number of benzene rings is 3. The zero-order chi connectivity index (χ0) is 27.6. The molecule has 1 saturated heterocycles. The first kappa shape index (κ1) is 28.2. The summed E-state index contributed by atoms with van der Waals surface area (Å²) in [5.41, 5.74) is 4.25. The predicted octanol–water partition coefficient (Wildman–Crippen LogP) is 4.88. The molecule has 0 bridgehead atoms. The summed E-state index contributed by atoms with van der Waals surface area (Å²) < 4.78 is 0. The summed E-state index contributed by atoms with van der Waals surface area (Å²) in [5.74, 6) is -1.71. The van der Waals surface area contributed by atoms with Crippen LogP contribution in [0.1, 0.15) is 53.9 Å². The molecule has 1 aliphatic rings. The van der Waals surface area contributed by atoms with Crippen LogP contribution in [0.25, 0.3) is 0 Å². The Hall–Kier alpha value is -3.81. The van der Waals surface area contributed by atoms with Crippen molar-refractivity contribution in [3.8, 4) is 0 Å². The Bertz CT molecular complexity index is 1290. The number of aliphatic hydroxyl groups excluding tert-OH is 1. The fourth-order valence-corrected chi connectivity index (χ4v) is 5.29. The maximum absolute atomic E-state index is 13.0. The van der Waals surface area contributed by atoms with Gasteiger partial charge in [0.25, 0.3) is 0 Å². The minimum atomic E-state index is -1.15. The first-order chi connectivity index (χ1) is 19.0. The van der Waals surface area contributed by atoms with E-state index in [0.717, 1.165) is 42.6 Å². The molecule has 3 aromatic carbocycles. The first-order valence-electron chi connectivity index (χ1n) is 13.6. The second-order valence-corrected chi connectivity index (χ2v) is 10.0. The molecule has 0 saturated carbocycles. The predicted molar refractivity (Wildman–Crippen MR) is 154 cm³/mol. The Morgan fingerprint density at radius 1 is 0.923 bits per heavy atom. The lowest BCUT2D eigenvalue weighted by atomic mass is 9.86. The molecule has 0 unspecified atom stereocenters. The van der Waals surface area contributed by atoms with Crippen LogP contribution in [0.5, 0.6) is 0 Å². The molecule has 4 rings (SSSR count). The van der Waals surface area contributed by atoms with Crippen molar-refractivity contribution in [2.24, 2.45) is 4.99 Å². The van der Waals surface area contributed by atoms with E-state index in [1.807, 2.05) is 85.8 Å². The molecule has 0 aliphatic carbocycles. The van der Waals surface area contributed by atoms with Gasteiger partial charge in [-0.3, -0.25) is 14.7 Å². The van der Waals surface area contributed by atoms with Gasteiger partial charge in [-0.2, -0.15) is 0 Å². The highest BCUT2D eigenvalue weighted by Crippen LogP contribution is 2.30. The van der Waals surface area contributed by atoms with E-state index in [9.17, 15) is 19.8 Å². The second-order valence-electron chi connectivity index (χ2n) is 10.0. The number of aliphatic hydroxyl groups is 1. The standard InChI is InChI=1S/C32H37N3O4/c1-23-12-6-7-15-25(23)26(18-21-36)31(32(38)39)34-30(24-13-4-2-5-14-24)27-16-8-9-17-28(27)33-29(37)22-35-19-10-3-11-20-35/h2,4-9,12-17,26,31,36H,3,10-11,18-22H2,1H3,(H,33,37)(H,38,39)/t26-,31-/m0/s1. The minimum Gasteiger partial charge on any atom is -0.480 e. The van der Waals surface area contributed by atoms with Crippen molar-refractivity contribution in [1.82, 2.24) is 4.90 Å². The molecule has 1 fully saturated rings. The summed E-state index contributed by atoms with van der Waals surface area (Å²) >= 11 is 0. The van der Waals surface area contributed by atoms with Crippen LogP contribution in [-0.2, 0) is 9.59 Å². The maximum Gasteiger partial charge on any atom is 0.329 e. The van der Waals surface area contributed by atoms with E-state index in [-0.39, 0.29) is 18.9 Å². The molecule has 1 amide bonds. The highest BCUT2D eigenvalue weighted by atomic mass is 16.4. The number of amides is 1. The zero-order valence-corrected chi connectivity index (χ0v) is 22.4. The number of piperidine rings is 1. The smallest absolute Gasteiger partial charge is 0.329 e. The Balaban J connectivity index is 1.76. The number of aryl methyl sites for hydroxylation is 1. The summed E-state index contributed by atoms with van der Waals surface area (Å²) in [6, 6.07) is 23.3. The summed E-state index contributed by atoms with van der Waals surface area (Å²) in [6.45, 7) is 3.92. The molecule has 0 radical (unpaired) electrons. The van der Waals surface area contributed by atoms with E-state index < -0.39 is 17.9 Å². The number of hydrogen-bond donors (Lipinski definition) is 3. The molecule has 0 spiro atoms. The van der Waals surface area contributed by atoms with Crippen LogP contribution in [0, 0.1) is 6.92 Å². The lowest BCUT2D eigenvalue weighted by molar-refractivity contribution is -0.139. The number of carboxylic acid groups (broad SMARTS) is 1. The average molecular weight is 528 g/mol. The molecule has 39 heavy (non-hydrogen) atoms. The molecule has 0 aromatic heterocycles. The van der Waals surface area contributed by atoms with Crippen LogP contribution in [0.15, 0.2) is 83.9 Å². The monoisotopic (exact) mass is 527 g/mol. The van der Waals surface area contributed by atoms with E-state index in [1.54, 1.807) is 0 Å². The van der Waals surface area contributed by atoms with Crippen molar-refractivity contribution in [2.75, 3.05) is 31.6 Å². The number of carbonyl (C=O) groups excluding carboxylic acids is 1. The Morgan fingerprint density at radius 2 is 1.59 bits per heavy atom. The highest BCUT2D eigenvalue weighted by Gasteiger charge is 2.31. The largest absolute Gasteiger partial charge is 0.480 e. The normalized spacial score (nSPS) is 15.9. The lowest BCUT2D eigenvalue weighted by Crippen LogP contribution is -2.37. The van der Waals surface area contributed by atoms with Gasteiger partial charge in [0, 0.05) is 23.7 Å². The highest BCUT2D eigenvalue weighted by molar-refractivity contribution is 6.17. The molecule has 3 N–H and O–H groups in total. The van der Waals surface area contributed by atoms with Gasteiger partial charge in [0.05, 0.1) is 17.9 Å². The zero-order valence-electron chi connectivity index (χ0n) is 22.4. The number of nitrogens with zero attached hydrogens (tertiary/aromatic N) is 2. The van der Waals surface area contributed by atoms with Crippen molar-refractivity contribution < 1.29 is 19.8 Å². The van der Waals surface area contributed by atoms with Crippen molar-refractivity contribution in [2.45, 2.75) is 44.6 Å². The number of aliphatic imine (C=N–C) groups is 1. The van der Waals surface area contributed by atoms with Crippen LogP contribution in [0.4, 0.5) is 5.69 Å². The number of hydrogen-bond acceptors (Lipinski definition) is 5. The third kappa shape index (κ3) is 7.40. The molecule has 3 aromatic rings. The Morgan fingerprint density at radius 3 is 2.28 bits per heavy atom. The number of carbonyl (C=O) groups is 2. The number of likely N-dealkylation sites (tertiary alicyclic amines) is 1. The van der Waals surface area contributed by atoms with Crippen LogP contribution in [-0.4, -0.2) is 65.0 Å². The SMILES string of the molecule is Cc1ccccc1[C@H](CCO)[C@H](N=C(c1ccccc1)c1ccccc1NC(=O)CN1CCCCC1)C(=O)O. The van der Waals surface area contributed by atoms with E-state index in [2.05, 4.69) is 10.2 Å². The molecular formula is C32H37N3O4. The maximum atomic E-state index is 13.0. The number of para-hydroxylation sites is 1. The quantitative estimate of drug-likeness (QED) is 0.309. The van der Waals surface area contributed by atoms with Crippen LogP contribution in [0.2, 0.25) is 0 Å². The first-order valence-corrected chi connectivity index (χ1v) is 13.6. The Kier molecular flexibility index (Phi) is 10.00. The Labute approximate surface area is 230 Å². The van der Waals surface area contributed by atoms with Gasteiger partial charge in [0.2, 0.25) is 5.91 Å². The topological polar surface area (TPSA) is 102 Å². The summed E-state index contributed by atoms with van der Waals surface area (Å²) in [5, 5.41) is 23.3. The lowest BCUT2D eigenvalue weighted by Gasteiger charge is -2.26. The molecular weight excluding hydrogens is 490 g/mol. The second kappa shape index (κ2) is 13.8. The van der Waals surface area contributed by atoms with Gasteiger partial charge in [-0.1, -0.05) is 79.2 Å². The molecule has 1 heterocycles. The third-order valence-electron chi connectivity index (χ3n) is 7.25. The number of rotatable bonds is 11. The van der Waals surface area contributed by atoms with E-state index in [4.69, 9.17) is 4.99 Å². The molecule has 7 heteroatoms. The van der Waals surface area contributed by atoms with E-state index in [1.165, 1.54) is 6.42 Å². The minimum absolute atomic E-state index is 0.107. The third-order valence-corrected chi connectivity index (χ3v) is 7.25. The number of anilines is 1.